The summed E-state index contributed by atoms with van der Waals surface area (Å²) in [4.78, 5) is 46.0. The molecule has 0 saturated carbocycles. The number of piperidine rings is 1. The first kappa shape index (κ1) is 24.1. The number of nitrogens with one attached hydrogen (secondary N) is 1. The number of halogens is 1. The molecule has 0 spiro atoms. The highest BCUT2D eigenvalue weighted by molar-refractivity contribution is 7.18. The third-order valence-corrected chi connectivity index (χ3v) is 7.71. The number of thiophene rings is 1. The molecule has 0 aliphatic carbocycles. The van der Waals surface area contributed by atoms with Gasteiger partial charge in [-0.15, -0.1) is 11.3 Å². The Kier molecular flexibility index (Phi) is 7.41. The highest BCUT2D eigenvalue weighted by atomic mass is 32.1. The van der Waals surface area contributed by atoms with Crippen LogP contribution >= 0.6 is 11.3 Å². The minimum Gasteiger partial charge on any atom is -0.356 e. The average molecular weight is 485 g/mol. The number of rotatable bonds is 7. The van der Waals surface area contributed by atoms with Crippen LogP contribution in [0.3, 0.4) is 0 Å². The Bertz CT molecular complexity index is 1260. The van der Waals surface area contributed by atoms with Crippen molar-refractivity contribution in [2.45, 2.75) is 46.1 Å². The van der Waals surface area contributed by atoms with E-state index in [4.69, 9.17) is 0 Å². The molecule has 2 amide bonds. The standard InChI is InChI=1S/C25H29FN4O3S/c1-16-17(2)34-24-22(16)25(33)30(15-28-24)14-10-21(31)29-12-8-19(9-13-29)23(32)27-11-7-18-5-3-4-6-20(18)26/h3-6,15,19H,7-14H2,1-2H3,(H,27,32). The summed E-state index contributed by atoms with van der Waals surface area (Å²) in [7, 11) is 0. The molecule has 0 unspecified atom stereocenters. The second kappa shape index (κ2) is 10.5. The fourth-order valence-electron chi connectivity index (χ4n) is 4.36. The van der Waals surface area contributed by atoms with Gasteiger partial charge in [0.2, 0.25) is 11.8 Å². The molecule has 0 bridgehead atoms. The second-order valence-corrected chi connectivity index (χ2v) is 9.95. The molecule has 2 aromatic heterocycles. The molecule has 3 heterocycles. The number of hydrogen-bond acceptors (Lipinski definition) is 5. The lowest BCUT2D eigenvalue weighted by Crippen LogP contribution is -2.43. The van der Waals surface area contributed by atoms with E-state index >= 15 is 0 Å². The average Bonchev–Trinajstić information content (AvgIpc) is 3.13. The molecule has 180 valence electrons. The molecule has 1 fully saturated rings. The molecule has 34 heavy (non-hydrogen) atoms. The maximum absolute atomic E-state index is 13.7. The molecule has 9 heteroatoms. The Balaban J connectivity index is 1.24. The summed E-state index contributed by atoms with van der Waals surface area (Å²) >= 11 is 1.51. The first-order valence-electron chi connectivity index (χ1n) is 11.6. The molecule has 1 aliphatic heterocycles. The van der Waals surface area contributed by atoms with Crippen LogP contribution in [0.15, 0.2) is 35.4 Å². The van der Waals surface area contributed by atoms with E-state index in [1.165, 1.54) is 28.3 Å². The van der Waals surface area contributed by atoms with E-state index in [9.17, 15) is 18.8 Å². The Hall–Kier alpha value is -3.07. The first-order valence-corrected chi connectivity index (χ1v) is 12.4. The maximum Gasteiger partial charge on any atom is 0.262 e. The minimum absolute atomic E-state index is 0.0244. The fraction of sp³-hybridized carbons (Fsp3) is 0.440. The summed E-state index contributed by atoms with van der Waals surface area (Å²) in [5.41, 5.74) is 1.43. The molecular formula is C25H29FN4O3S. The number of likely N-dealkylation sites (tertiary alicyclic amines) is 1. The smallest absolute Gasteiger partial charge is 0.262 e. The van der Waals surface area contributed by atoms with Crippen LogP contribution in [-0.4, -0.2) is 45.9 Å². The van der Waals surface area contributed by atoms with E-state index in [1.807, 2.05) is 13.8 Å². The molecule has 1 saturated heterocycles. The molecule has 7 nitrogen and oxygen atoms in total. The van der Waals surface area contributed by atoms with Crippen molar-refractivity contribution in [2.24, 2.45) is 5.92 Å². The molecule has 1 aliphatic rings. The third kappa shape index (κ3) is 5.19. The van der Waals surface area contributed by atoms with Crippen molar-refractivity contribution in [1.82, 2.24) is 19.8 Å². The zero-order valence-corrected chi connectivity index (χ0v) is 20.3. The zero-order valence-electron chi connectivity index (χ0n) is 19.5. The van der Waals surface area contributed by atoms with Gasteiger partial charge in [-0.05, 0) is 50.3 Å². The number of benzene rings is 1. The summed E-state index contributed by atoms with van der Waals surface area (Å²) in [6, 6.07) is 6.56. The SMILES string of the molecule is Cc1sc2ncn(CCC(=O)N3CCC(C(=O)NCCc4ccccc4F)CC3)c(=O)c2c1C. The summed E-state index contributed by atoms with van der Waals surface area (Å²) in [6.07, 6.45) is 3.37. The summed E-state index contributed by atoms with van der Waals surface area (Å²) in [6.45, 7) is 5.59. The maximum atomic E-state index is 13.7. The van der Waals surface area contributed by atoms with Crippen LogP contribution in [0.4, 0.5) is 4.39 Å². The lowest BCUT2D eigenvalue weighted by atomic mass is 9.95. The van der Waals surface area contributed by atoms with Gasteiger partial charge in [0.25, 0.3) is 5.56 Å². The normalized spacial score (nSPS) is 14.5. The van der Waals surface area contributed by atoms with Gasteiger partial charge in [0, 0.05) is 43.4 Å². The van der Waals surface area contributed by atoms with Crippen molar-refractivity contribution in [3.05, 3.63) is 62.8 Å². The second-order valence-electron chi connectivity index (χ2n) is 8.74. The Labute approximate surface area is 201 Å². The highest BCUT2D eigenvalue weighted by Gasteiger charge is 2.27. The number of carbonyl (C=O) groups excluding carboxylic acids is 2. The van der Waals surface area contributed by atoms with Gasteiger partial charge < -0.3 is 10.2 Å². The summed E-state index contributed by atoms with van der Waals surface area (Å²) in [5.74, 6) is -0.481. The van der Waals surface area contributed by atoms with Crippen molar-refractivity contribution >= 4 is 33.4 Å². The van der Waals surface area contributed by atoms with Crippen LogP contribution in [-0.2, 0) is 22.6 Å². The van der Waals surface area contributed by atoms with Gasteiger partial charge in [0.1, 0.15) is 10.6 Å². The third-order valence-electron chi connectivity index (χ3n) is 6.59. The van der Waals surface area contributed by atoms with Gasteiger partial charge in [0.15, 0.2) is 0 Å². The van der Waals surface area contributed by atoms with E-state index < -0.39 is 0 Å². The lowest BCUT2D eigenvalue weighted by molar-refractivity contribution is -0.135. The van der Waals surface area contributed by atoms with Gasteiger partial charge >= 0.3 is 0 Å². The van der Waals surface area contributed by atoms with Gasteiger partial charge in [-0.1, -0.05) is 18.2 Å². The molecule has 1 N–H and O–H groups in total. The van der Waals surface area contributed by atoms with Gasteiger partial charge in [0.05, 0.1) is 11.7 Å². The summed E-state index contributed by atoms with van der Waals surface area (Å²) < 4.78 is 15.2. The van der Waals surface area contributed by atoms with Crippen molar-refractivity contribution in [1.29, 1.82) is 0 Å². The highest BCUT2D eigenvalue weighted by Crippen LogP contribution is 2.25. The van der Waals surface area contributed by atoms with E-state index in [-0.39, 0.29) is 42.1 Å². The molecule has 1 aromatic carbocycles. The van der Waals surface area contributed by atoms with Gasteiger partial charge in [-0.3, -0.25) is 19.0 Å². The number of aromatic nitrogens is 2. The Morgan fingerprint density at radius 1 is 1.21 bits per heavy atom. The largest absolute Gasteiger partial charge is 0.356 e. The van der Waals surface area contributed by atoms with E-state index in [0.717, 1.165) is 15.3 Å². The van der Waals surface area contributed by atoms with E-state index in [1.54, 1.807) is 23.1 Å². The van der Waals surface area contributed by atoms with E-state index in [0.29, 0.717) is 49.8 Å². The number of amides is 2. The molecular weight excluding hydrogens is 455 g/mol. The fourth-order valence-corrected chi connectivity index (χ4v) is 5.35. The van der Waals surface area contributed by atoms with Crippen LogP contribution < -0.4 is 10.9 Å². The number of hydrogen-bond donors (Lipinski definition) is 1. The number of carbonyl (C=O) groups is 2. The molecule has 0 radical (unpaired) electrons. The van der Waals surface area contributed by atoms with Crippen LogP contribution in [0.25, 0.3) is 10.2 Å². The predicted octanol–water partition coefficient (Wildman–Crippen LogP) is 3.20. The quantitative estimate of drug-likeness (QED) is 0.558. The van der Waals surface area contributed by atoms with Crippen molar-refractivity contribution in [2.75, 3.05) is 19.6 Å². The molecule has 4 rings (SSSR count). The Morgan fingerprint density at radius 2 is 1.94 bits per heavy atom. The van der Waals surface area contributed by atoms with Crippen molar-refractivity contribution in [3.63, 3.8) is 0 Å². The van der Waals surface area contributed by atoms with Crippen molar-refractivity contribution in [3.8, 4) is 0 Å². The molecule has 3 aromatic rings. The van der Waals surface area contributed by atoms with Crippen LogP contribution in [0.2, 0.25) is 0 Å². The van der Waals surface area contributed by atoms with Gasteiger partial charge in [-0.25, -0.2) is 9.37 Å². The predicted molar refractivity (Wildman–Crippen MR) is 130 cm³/mol. The van der Waals surface area contributed by atoms with Crippen LogP contribution in [0.1, 0.15) is 35.3 Å². The topological polar surface area (TPSA) is 84.3 Å². The minimum atomic E-state index is -0.262. The van der Waals surface area contributed by atoms with E-state index in [2.05, 4.69) is 10.3 Å². The number of aryl methyl sites for hydroxylation is 3. The molecule has 0 atom stereocenters. The lowest BCUT2D eigenvalue weighted by Gasteiger charge is -2.31. The van der Waals surface area contributed by atoms with Gasteiger partial charge in [-0.2, -0.15) is 0 Å². The Morgan fingerprint density at radius 3 is 2.68 bits per heavy atom. The zero-order chi connectivity index (χ0) is 24.2. The first-order chi connectivity index (χ1) is 16.3. The monoisotopic (exact) mass is 484 g/mol. The van der Waals surface area contributed by atoms with Crippen LogP contribution in [0.5, 0.6) is 0 Å². The number of nitrogens with zero attached hydrogens (tertiary/aromatic N) is 3. The van der Waals surface area contributed by atoms with Crippen molar-refractivity contribution < 1.29 is 14.0 Å². The summed E-state index contributed by atoms with van der Waals surface area (Å²) in [5, 5.41) is 3.53. The number of fused-ring (bicyclic) bond motifs is 1. The van der Waals surface area contributed by atoms with Crippen LogP contribution in [0, 0.1) is 25.6 Å².